The van der Waals surface area contributed by atoms with Crippen LogP contribution in [-0.2, 0) is 17.7 Å². The zero-order valence-corrected chi connectivity index (χ0v) is 17.3. The van der Waals surface area contributed by atoms with Gasteiger partial charge in [-0.2, -0.15) is 0 Å². The third-order valence-electron chi connectivity index (χ3n) is 4.71. The summed E-state index contributed by atoms with van der Waals surface area (Å²) in [5, 5.41) is 2.23. The van der Waals surface area contributed by atoms with Crippen LogP contribution in [0, 0.1) is 0 Å². The SMILES string of the molecule is CO[Si](C)(OC)c1ccc(-c2ccc([Si](C)(OC)OC)cc2)cc1. The Labute approximate surface area is 146 Å². The minimum Gasteiger partial charge on any atom is -0.394 e. The molecule has 130 valence electrons. The monoisotopic (exact) mass is 362 g/mol. The molecule has 0 aliphatic rings. The maximum absolute atomic E-state index is 5.59. The van der Waals surface area contributed by atoms with Gasteiger partial charge in [0.2, 0.25) is 0 Å². The zero-order chi connectivity index (χ0) is 17.8. The van der Waals surface area contributed by atoms with Crippen molar-refractivity contribution in [3.63, 3.8) is 0 Å². The van der Waals surface area contributed by atoms with Gasteiger partial charge in [-0.25, -0.2) is 0 Å². The third-order valence-corrected chi connectivity index (χ3v) is 10.6. The Morgan fingerprint density at radius 1 is 0.500 bits per heavy atom. The topological polar surface area (TPSA) is 36.9 Å². The lowest BCUT2D eigenvalue weighted by Crippen LogP contribution is -2.49. The van der Waals surface area contributed by atoms with Crippen LogP contribution in [0.25, 0.3) is 11.1 Å². The Bertz CT molecular complexity index is 588. The van der Waals surface area contributed by atoms with Crippen molar-refractivity contribution in [3.8, 4) is 11.1 Å². The summed E-state index contributed by atoms with van der Waals surface area (Å²) in [4.78, 5) is 0. The van der Waals surface area contributed by atoms with E-state index in [1.165, 1.54) is 0 Å². The van der Waals surface area contributed by atoms with Crippen LogP contribution in [-0.4, -0.2) is 45.6 Å². The van der Waals surface area contributed by atoms with Crippen molar-refractivity contribution in [2.45, 2.75) is 13.1 Å². The van der Waals surface area contributed by atoms with E-state index in [2.05, 4.69) is 48.5 Å². The molecule has 0 N–H and O–H groups in total. The Hall–Kier alpha value is -1.29. The summed E-state index contributed by atoms with van der Waals surface area (Å²) < 4.78 is 22.4. The van der Waals surface area contributed by atoms with Gasteiger partial charge < -0.3 is 17.7 Å². The van der Waals surface area contributed by atoms with Gasteiger partial charge in [0.1, 0.15) is 0 Å². The molecule has 2 rings (SSSR count). The minimum absolute atomic E-state index is 1.12. The van der Waals surface area contributed by atoms with Gasteiger partial charge in [0.05, 0.1) is 0 Å². The Morgan fingerprint density at radius 3 is 0.958 bits per heavy atom. The molecule has 0 saturated carbocycles. The fourth-order valence-corrected chi connectivity index (χ4v) is 5.39. The van der Waals surface area contributed by atoms with Crippen LogP contribution in [0.2, 0.25) is 13.1 Å². The molecule has 0 atom stereocenters. The highest BCUT2D eigenvalue weighted by Crippen LogP contribution is 2.19. The predicted molar refractivity (Wildman–Crippen MR) is 102 cm³/mol. The zero-order valence-electron chi connectivity index (χ0n) is 15.3. The molecule has 6 heteroatoms. The molecule has 0 radical (unpaired) electrons. The minimum atomic E-state index is -2.27. The lowest BCUT2D eigenvalue weighted by Gasteiger charge is -2.24. The highest BCUT2D eigenvalue weighted by atomic mass is 28.4. The summed E-state index contributed by atoms with van der Waals surface area (Å²) in [5.74, 6) is 0. The maximum Gasteiger partial charge on any atom is 0.368 e. The maximum atomic E-state index is 5.59. The second-order valence-electron chi connectivity index (χ2n) is 5.86. The molecular weight excluding hydrogens is 336 g/mol. The molecule has 0 aliphatic carbocycles. The Balaban J connectivity index is 2.27. The average Bonchev–Trinajstić information content (AvgIpc) is 2.67. The van der Waals surface area contributed by atoms with E-state index in [4.69, 9.17) is 17.7 Å². The molecule has 0 unspecified atom stereocenters. The second kappa shape index (κ2) is 7.73. The summed E-state index contributed by atoms with van der Waals surface area (Å²) in [6, 6.07) is 16.8. The number of hydrogen-bond donors (Lipinski definition) is 0. The van der Waals surface area contributed by atoms with E-state index in [0.29, 0.717) is 0 Å². The summed E-state index contributed by atoms with van der Waals surface area (Å²) in [7, 11) is 2.28. The van der Waals surface area contributed by atoms with Crippen molar-refractivity contribution in [2.75, 3.05) is 28.4 Å². The summed E-state index contributed by atoms with van der Waals surface area (Å²) in [6.07, 6.45) is 0. The molecule has 0 fully saturated rings. The van der Waals surface area contributed by atoms with Gasteiger partial charge in [0.25, 0.3) is 0 Å². The van der Waals surface area contributed by atoms with Crippen molar-refractivity contribution >= 4 is 27.5 Å². The highest BCUT2D eigenvalue weighted by Gasteiger charge is 2.32. The smallest absolute Gasteiger partial charge is 0.368 e. The van der Waals surface area contributed by atoms with Crippen LogP contribution in [0.3, 0.4) is 0 Å². The molecule has 0 heterocycles. The van der Waals surface area contributed by atoms with E-state index in [9.17, 15) is 0 Å². The van der Waals surface area contributed by atoms with E-state index in [0.717, 1.165) is 21.5 Å². The van der Waals surface area contributed by atoms with Crippen molar-refractivity contribution in [1.82, 2.24) is 0 Å². The Morgan fingerprint density at radius 2 is 0.750 bits per heavy atom. The molecule has 0 aliphatic heterocycles. The van der Waals surface area contributed by atoms with Gasteiger partial charge >= 0.3 is 17.1 Å². The fraction of sp³-hybridized carbons (Fsp3) is 0.333. The first-order valence-electron chi connectivity index (χ1n) is 7.84. The summed E-state index contributed by atoms with van der Waals surface area (Å²) in [6.45, 7) is 4.08. The highest BCUT2D eigenvalue weighted by molar-refractivity contribution is 6.80. The lowest BCUT2D eigenvalue weighted by atomic mass is 10.1. The van der Waals surface area contributed by atoms with Gasteiger partial charge in [-0.1, -0.05) is 48.5 Å². The third kappa shape index (κ3) is 3.69. The van der Waals surface area contributed by atoms with Crippen molar-refractivity contribution in [1.29, 1.82) is 0 Å². The van der Waals surface area contributed by atoms with Crippen molar-refractivity contribution in [2.24, 2.45) is 0 Å². The van der Waals surface area contributed by atoms with Crippen LogP contribution in [0.4, 0.5) is 0 Å². The van der Waals surface area contributed by atoms with Gasteiger partial charge in [0, 0.05) is 28.4 Å². The van der Waals surface area contributed by atoms with Crippen LogP contribution in [0.1, 0.15) is 0 Å². The van der Waals surface area contributed by atoms with E-state index in [1.54, 1.807) is 28.4 Å². The van der Waals surface area contributed by atoms with Crippen LogP contribution >= 0.6 is 0 Å². The number of hydrogen-bond acceptors (Lipinski definition) is 4. The van der Waals surface area contributed by atoms with Gasteiger partial charge in [-0.15, -0.1) is 0 Å². The number of benzene rings is 2. The van der Waals surface area contributed by atoms with E-state index in [1.807, 2.05) is 13.1 Å². The second-order valence-corrected chi connectivity index (χ2v) is 12.4. The molecule has 0 bridgehead atoms. The van der Waals surface area contributed by atoms with E-state index < -0.39 is 17.1 Å². The van der Waals surface area contributed by atoms with E-state index >= 15 is 0 Å². The van der Waals surface area contributed by atoms with Crippen molar-refractivity contribution < 1.29 is 17.7 Å². The first kappa shape index (κ1) is 19.0. The molecule has 0 spiro atoms. The van der Waals surface area contributed by atoms with Gasteiger partial charge in [-0.05, 0) is 34.6 Å². The Kier molecular flexibility index (Phi) is 6.13. The summed E-state index contributed by atoms with van der Waals surface area (Å²) >= 11 is 0. The predicted octanol–water partition coefficient (Wildman–Crippen LogP) is 2.50. The molecule has 0 amide bonds. The quantitative estimate of drug-likeness (QED) is 0.709. The molecule has 4 nitrogen and oxygen atoms in total. The molecular formula is C18H26O4Si2. The van der Waals surface area contributed by atoms with Crippen LogP contribution in [0.15, 0.2) is 48.5 Å². The normalized spacial score (nSPS) is 12.4. The first-order valence-corrected chi connectivity index (χ1v) is 12.5. The van der Waals surface area contributed by atoms with Crippen LogP contribution < -0.4 is 10.4 Å². The fourth-order valence-electron chi connectivity index (χ4n) is 2.57. The first-order chi connectivity index (χ1) is 11.4. The molecule has 2 aromatic rings. The van der Waals surface area contributed by atoms with Crippen molar-refractivity contribution in [3.05, 3.63) is 48.5 Å². The standard InChI is InChI=1S/C18H26O4Si2/c1-19-23(5,20-2)17-11-7-15(8-12-17)16-9-13-18(14-10-16)24(6,21-3)22-4/h7-14H,1-6H3. The molecule has 0 aromatic heterocycles. The number of rotatable bonds is 7. The average molecular weight is 363 g/mol. The molecule has 24 heavy (non-hydrogen) atoms. The molecule has 0 saturated heterocycles. The van der Waals surface area contributed by atoms with E-state index in [-0.39, 0.29) is 0 Å². The molecule has 2 aromatic carbocycles. The van der Waals surface area contributed by atoms with Crippen LogP contribution in [0.5, 0.6) is 0 Å². The lowest BCUT2D eigenvalue weighted by molar-refractivity contribution is 0.265. The largest absolute Gasteiger partial charge is 0.394 e. The van der Waals surface area contributed by atoms with Gasteiger partial charge in [0.15, 0.2) is 0 Å². The summed E-state index contributed by atoms with van der Waals surface area (Å²) in [5.41, 5.74) is 2.32. The van der Waals surface area contributed by atoms with Gasteiger partial charge in [-0.3, -0.25) is 0 Å².